The second-order valence-electron chi connectivity index (χ2n) is 12.8. The first-order valence-electron chi connectivity index (χ1n) is 15.5. The monoisotopic (exact) mass is 650 g/mol. The van der Waals surface area contributed by atoms with Crippen molar-refractivity contribution in [3.63, 3.8) is 0 Å². The molecule has 0 radical (unpaired) electrons. The molecule has 13 heteroatoms. The lowest BCUT2D eigenvalue weighted by atomic mass is 9.77. The van der Waals surface area contributed by atoms with Crippen molar-refractivity contribution < 1.29 is 23.5 Å². The topological polar surface area (TPSA) is 167 Å². The molecule has 12 nitrogen and oxygen atoms in total. The summed E-state index contributed by atoms with van der Waals surface area (Å²) in [7, 11) is 0. The summed E-state index contributed by atoms with van der Waals surface area (Å²) >= 11 is 0. The number of esters is 1. The highest BCUT2D eigenvalue weighted by molar-refractivity contribution is 6.09. The van der Waals surface area contributed by atoms with Crippen molar-refractivity contribution in [3.8, 4) is 11.5 Å². The summed E-state index contributed by atoms with van der Waals surface area (Å²) in [6.45, 7) is 6.99. The van der Waals surface area contributed by atoms with Crippen LogP contribution in [0.4, 0.5) is 16.0 Å². The molecule has 0 aliphatic carbocycles. The second-order valence-corrected chi connectivity index (χ2v) is 12.8. The maximum Gasteiger partial charge on any atom is 0.325 e. The van der Waals surface area contributed by atoms with Crippen LogP contribution in [0, 0.1) is 5.82 Å². The van der Waals surface area contributed by atoms with Gasteiger partial charge in [0.1, 0.15) is 40.7 Å². The number of rotatable bonds is 9. The van der Waals surface area contributed by atoms with Crippen molar-refractivity contribution in [2.75, 3.05) is 17.6 Å². The Morgan fingerprint density at radius 3 is 2.54 bits per heavy atom. The normalized spacial score (nSPS) is 15.6. The quantitative estimate of drug-likeness (QED) is 0.197. The van der Waals surface area contributed by atoms with E-state index in [1.54, 1.807) is 62.8 Å². The van der Waals surface area contributed by atoms with Crippen LogP contribution < -0.4 is 16.4 Å². The third kappa shape index (κ3) is 6.31. The van der Waals surface area contributed by atoms with Crippen molar-refractivity contribution in [3.05, 3.63) is 94.9 Å². The predicted molar refractivity (Wildman–Crippen MR) is 177 cm³/mol. The van der Waals surface area contributed by atoms with Crippen molar-refractivity contribution >= 4 is 40.5 Å². The molecule has 0 fully saturated rings. The van der Waals surface area contributed by atoms with Crippen LogP contribution in [-0.2, 0) is 37.5 Å². The molecule has 1 aliphatic heterocycles. The Hall–Kier alpha value is -5.72. The molecule has 246 valence electrons. The third-order valence-corrected chi connectivity index (χ3v) is 8.14. The van der Waals surface area contributed by atoms with E-state index < -0.39 is 17.0 Å². The number of aryl methyl sites for hydroxylation is 1. The first-order chi connectivity index (χ1) is 22.8. The zero-order valence-electron chi connectivity index (χ0n) is 27.0. The molecular formula is C35H35FN8O4. The van der Waals surface area contributed by atoms with Crippen LogP contribution in [0.25, 0.3) is 22.6 Å². The number of nitrogens with one attached hydrogen (secondary N) is 2. The number of nitrogen functional groups attached to an aromatic ring is 1. The van der Waals surface area contributed by atoms with Gasteiger partial charge in [0.15, 0.2) is 11.5 Å². The van der Waals surface area contributed by atoms with Crippen LogP contribution in [-0.4, -0.2) is 54.7 Å². The molecule has 4 heterocycles. The number of pyridine rings is 1. The Labute approximate surface area is 275 Å². The van der Waals surface area contributed by atoms with Gasteiger partial charge in [0.05, 0.1) is 17.5 Å². The average Bonchev–Trinajstić information content (AvgIpc) is 3.54. The molecule has 1 aliphatic rings. The maximum absolute atomic E-state index is 14.5. The number of benzene rings is 2. The molecule has 2 amide bonds. The van der Waals surface area contributed by atoms with Gasteiger partial charge in [-0.05, 0) is 63.4 Å². The van der Waals surface area contributed by atoms with Gasteiger partial charge < -0.3 is 21.1 Å². The Bertz CT molecular complexity index is 2050. The van der Waals surface area contributed by atoms with Gasteiger partial charge in [-0.2, -0.15) is 5.10 Å². The first-order valence-corrected chi connectivity index (χ1v) is 15.5. The summed E-state index contributed by atoms with van der Waals surface area (Å²) < 4.78 is 21.3. The number of halogens is 1. The van der Waals surface area contributed by atoms with Gasteiger partial charge in [-0.25, -0.2) is 24.0 Å². The standard InChI is InChI=1S/C35H35FN8O4/c1-34(2,3)48-26(46)18-39-25(45)16-13-20-11-14-22(15-12-20)35(4)27-29(37)40-31(41-30(27)42-33(35)47)28-23-9-7-17-38-32(23)44(43-28)19-21-8-5-6-10-24(21)36/h5-12,14-15,17H,13,16,18-19H2,1-4H3,(H,39,45)(H3,37,40,41,42,47)/t35-/m0/s1. The van der Waals surface area contributed by atoms with Gasteiger partial charge in [0, 0.05) is 18.2 Å². The number of hydrogen-bond donors (Lipinski definition) is 3. The fraction of sp³-hybridized carbons (Fsp3) is 0.286. The number of carbonyl (C=O) groups excluding carboxylic acids is 3. The molecule has 6 rings (SSSR count). The zero-order valence-corrected chi connectivity index (χ0v) is 27.0. The van der Waals surface area contributed by atoms with Crippen LogP contribution in [0.3, 0.4) is 0 Å². The lowest BCUT2D eigenvalue weighted by Crippen LogP contribution is -2.34. The second kappa shape index (κ2) is 12.5. The summed E-state index contributed by atoms with van der Waals surface area (Å²) in [5.74, 6) is -0.866. The van der Waals surface area contributed by atoms with E-state index in [0.717, 1.165) is 5.56 Å². The molecule has 0 unspecified atom stereocenters. The SMILES string of the molecule is CC(C)(C)OC(=O)CNC(=O)CCc1ccc([C@]2(C)C(=O)Nc3nc(-c4nn(Cc5ccccc5F)c5ncccc45)nc(N)c32)cc1. The molecule has 0 saturated carbocycles. The van der Waals surface area contributed by atoms with E-state index in [9.17, 15) is 18.8 Å². The van der Waals surface area contributed by atoms with Crippen molar-refractivity contribution in [1.82, 2.24) is 30.0 Å². The smallest absolute Gasteiger partial charge is 0.325 e. The molecule has 48 heavy (non-hydrogen) atoms. The largest absolute Gasteiger partial charge is 0.459 e. The Balaban J connectivity index is 1.22. The Morgan fingerprint density at radius 2 is 1.81 bits per heavy atom. The minimum atomic E-state index is -1.19. The van der Waals surface area contributed by atoms with E-state index in [4.69, 9.17) is 15.6 Å². The number of aromatic nitrogens is 5. The number of anilines is 2. The summed E-state index contributed by atoms with van der Waals surface area (Å²) in [5.41, 5.74) is 8.09. The lowest BCUT2D eigenvalue weighted by molar-refractivity contribution is -0.154. The number of amides is 2. The highest BCUT2D eigenvalue weighted by atomic mass is 19.1. The molecule has 4 N–H and O–H groups in total. The van der Waals surface area contributed by atoms with Gasteiger partial charge >= 0.3 is 5.97 Å². The van der Waals surface area contributed by atoms with Crippen molar-refractivity contribution in [2.24, 2.45) is 0 Å². The molecule has 5 aromatic rings. The number of fused-ring (bicyclic) bond motifs is 2. The van der Waals surface area contributed by atoms with E-state index in [-0.39, 0.29) is 54.6 Å². The number of ether oxygens (including phenoxy) is 1. The van der Waals surface area contributed by atoms with Gasteiger partial charge in [-0.15, -0.1) is 0 Å². The van der Waals surface area contributed by atoms with Crippen molar-refractivity contribution in [1.29, 1.82) is 0 Å². The Morgan fingerprint density at radius 1 is 1.06 bits per heavy atom. The predicted octanol–water partition coefficient (Wildman–Crippen LogP) is 4.31. The minimum Gasteiger partial charge on any atom is -0.459 e. The highest BCUT2D eigenvalue weighted by Crippen LogP contribution is 2.45. The number of hydrogen-bond acceptors (Lipinski definition) is 9. The van der Waals surface area contributed by atoms with Crippen LogP contribution in [0.15, 0.2) is 66.9 Å². The molecule has 0 spiro atoms. The van der Waals surface area contributed by atoms with Gasteiger partial charge in [0.2, 0.25) is 11.8 Å². The average molecular weight is 651 g/mol. The number of nitrogens with two attached hydrogens (primary N) is 1. The maximum atomic E-state index is 14.5. The fourth-order valence-electron chi connectivity index (χ4n) is 5.76. The van der Waals surface area contributed by atoms with Crippen molar-refractivity contribution in [2.45, 2.75) is 58.1 Å². The molecule has 0 bridgehead atoms. The van der Waals surface area contributed by atoms with Gasteiger partial charge in [-0.1, -0.05) is 42.5 Å². The molecule has 3 aromatic heterocycles. The molecular weight excluding hydrogens is 615 g/mol. The van der Waals surface area contributed by atoms with E-state index in [1.807, 2.05) is 30.3 Å². The summed E-state index contributed by atoms with van der Waals surface area (Å²) in [5, 5.41) is 10.8. The number of nitrogens with zero attached hydrogens (tertiary/aromatic N) is 5. The highest BCUT2D eigenvalue weighted by Gasteiger charge is 2.47. The molecule has 0 saturated heterocycles. The lowest BCUT2D eigenvalue weighted by Gasteiger charge is -2.23. The summed E-state index contributed by atoms with van der Waals surface area (Å²) in [4.78, 5) is 51.5. The van der Waals surface area contributed by atoms with E-state index in [2.05, 4.69) is 25.6 Å². The van der Waals surface area contributed by atoms with Crippen LogP contribution in [0.5, 0.6) is 0 Å². The Kier molecular flexibility index (Phi) is 8.37. The molecule has 2 aromatic carbocycles. The minimum absolute atomic E-state index is 0.113. The zero-order chi connectivity index (χ0) is 34.2. The van der Waals surface area contributed by atoms with E-state index >= 15 is 0 Å². The third-order valence-electron chi connectivity index (χ3n) is 8.14. The fourth-order valence-corrected chi connectivity index (χ4v) is 5.76. The summed E-state index contributed by atoms with van der Waals surface area (Å²) in [6.07, 6.45) is 2.23. The van der Waals surface area contributed by atoms with Crippen LogP contribution in [0.1, 0.15) is 56.4 Å². The summed E-state index contributed by atoms with van der Waals surface area (Å²) in [6, 6.07) is 17.4. The van der Waals surface area contributed by atoms with Crippen LogP contribution in [0.2, 0.25) is 0 Å². The first kappa shape index (κ1) is 32.2. The number of carbonyl (C=O) groups is 3. The van der Waals surface area contributed by atoms with E-state index in [1.165, 1.54) is 6.07 Å². The van der Waals surface area contributed by atoms with Gasteiger partial charge in [-0.3, -0.25) is 14.4 Å². The van der Waals surface area contributed by atoms with Crippen LogP contribution >= 0.6 is 0 Å². The molecule has 1 atom stereocenters. The van der Waals surface area contributed by atoms with Gasteiger partial charge in [0.25, 0.3) is 0 Å². The van der Waals surface area contributed by atoms with E-state index in [0.29, 0.717) is 39.8 Å².